The van der Waals surface area contributed by atoms with Crippen molar-refractivity contribution in [1.29, 1.82) is 0 Å². The number of aliphatic hydroxyl groups excluding tert-OH is 1. The van der Waals surface area contributed by atoms with E-state index in [2.05, 4.69) is 15.3 Å². The van der Waals surface area contributed by atoms with E-state index < -0.39 is 12.0 Å². The lowest BCUT2D eigenvalue weighted by atomic mass is 10.3. The van der Waals surface area contributed by atoms with Crippen molar-refractivity contribution in [3.05, 3.63) is 23.2 Å². The molecule has 0 aliphatic rings. The molecule has 1 heterocycles. The molecular weight excluding hydrogens is 206 g/mol. The molecule has 0 aromatic carbocycles. The maximum absolute atomic E-state index is 11.3. The highest BCUT2D eigenvalue weighted by Crippen LogP contribution is 2.01. The average molecular weight is 216 g/mol. The first-order chi connectivity index (χ1) is 6.59. The number of aliphatic hydroxyl groups is 1. The first-order valence-electron chi connectivity index (χ1n) is 4.03. The average Bonchev–Trinajstić information content (AvgIpc) is 2.14. The van der Waals surface area contributed by atoms with Crippen LogP contribution in [0.15, 0.2) is 12.4 Å². The van der Waals surface area contributed by atoms with Crippen LogP contribution in [0.2, 0.25) is 5.15 Å². The molecule has 0 bridgehead atoms. The standard InChI is InChI=1S/C8H10ClN3O2/c1-5(13)2-11-8(14)6-3-10-4-7(9)12-6/h3-5,13H,2H2,1H3,(H,11,14)/t5-/m0/s1. The van der Waals surface area contributed by atoms with Gasteiger partial charge in [0.2, 0.25) is 0 Å². The molecule has 1 amide bonds. The third-order valence-corrected chi connectivity index (χ3v) is 1.58. The van der Waals surface area contributed by atoms with E-state index in [1.807, 2.05) is 0 Å². The van der Waals surface area contributed by atoms with Gasteiger partial charge in [-0.05, 0) is 6.92 Å². The van der Waals surface area contributed by atoms with Gasteiger partial charge in [0.15, 0.2) is 0 Å². The summed E-state index contributed by atoms with van der Waals surface area (Å²) in [7, 11) is 0. The molecule has 76 valence electrons. The van der Waals surface area contributed by atoms with Crippen LogP contribution in [0.3, 0.4) is 0 Å². The van der Waals surface area contributed by atoms with E-state index in [4.69, 9.17) is 16.7 Å². The van der Waals surface area contributed by atoms with E-state index in [-0.39, 0.29) is 17.4 Å². The topological polar surface area (TPSA) is 75.1 Å². The Labute approximate surface area is 86.1 Å². The number of nitrogens with zero attached hydrogens (tertiary/aromatic N) is 2. The van der Waals surface area contributed by atoms with E-state index in [1.165, 1.54) is 12.4 Å². The Balaban J connectivity index is 2.61. The Morgan fingerprint density at radius 3 is 3.00 bits per heavy atom. The van der Waals surface area contributed by atoms with Gasteiger partial charge in [-0.3, -0.25) is 9.78 Å². The molecule has 0 aliphatic carbocycles. The zero-order chi connectivity index (χ0) is 10.6. The fraction of sp³-hybridized carbons (Fsp3) is 0.375. The first-order valence-corrected chi connectivity index (χ1v) is 4.41. The largest absolute Gasteiger partial charge is 0.392 e. The summed E-state index contributed by atoms with van der Waals surface area (Å²) in [5, 5.41) is 11.6. The third kappa shape index (κ3) is 3.27. The van der Waals surface area contributed by atoms with E-state index in [0.29, 0.717) is 0 Å². The molecule has 14 heavy (non-hydrogen) atoms. The molecule has 1 aromatic heterocycles. The van der Waals surface area contributed by atoms with Crippen molar-refractivity contribution in [2.75, 3.05) is 6.54 Å². The van der Waals surface area contributed by atoms with Gasteiger partial charge in [-0.2, -0.15) is 0 Å². The normalized spacial score (nSPS) is 12.2. The molecule has 6 heteroatoms. The highest BCUT2D eigenvalue weighted by atomic mass is 35.5. The van der Waals surface area contributed by atoms with Gasteiger partial charge in [-0.1, -0.05) is 11.6 Å². The zero-order valence-electron chi connectivity index (χ0n) is 7.57. The monoisotopic (exact) mass is 215 g/mol. The summed E-state index contributed by atoms with van der Waals surface area (Å²) in [6.07, 6.45) is 2.06. The van der Waals surface area contributed by atoms with Crippen molar-refractivity contribution >= 4 is 17.5 Å². The highest BCUT2D eigenvalue weighted by Gasteiger charge is 2.08. The van der Waals surface area contributed by atoms with E-state index in [0.717, 1.165) is 0 Å². The first kappa shape index (κ1) is 10.9. The maximum atomic E-state index is 11.3. The molecule has 2 N–H and O–H groups in total. The molecule has 1 rings (SSSR count). The smallest absolute Gasteiger partial charge is 0.271 e. The van der Waals surface area contributed by atoms with Crippen molar-refractivity contribution in [1.82, 2.24) is 15.3 Å². The summed E-state index contributed by atoms with van der Waals surface area (Å²) in [5.74, 6) is -0.402. The van der Waals surface area contributed by atoms with Gasteiger partial charge in [0.1, 0.15) is 10.8 Å². The van der Waals surface area contributed by atoms with Crippen LogP contribution < -0.4 is 5.32 Å². The maximum Gasteiger partial charge on any atom is 0.271 e. The van der Waals surface area contributed by atoms with E-state index >= 15 is 0 Å². The van der Waals surface area contributed by atoms with Gasteiger partial charge in [0.25, 0.3) is 5.91 Å². The second kappa shape index (κ2) is 4.88. The predicted octanol–water partition coefficient (Wildman–Crippen LogP) is 0.241. The zero-order valence-corrected chi connectivity index (χ0v) is 8.32. The molecule has 1 aromatic rings. The Morgan fingerprint density at radius 2 is 2.43 bits per heavy atom. The molecule has 0 aliphatic heterocycles. The van der Waals surface area contributed by atoms with Crippen LogP contribution in [-0.2, 0) is 0 Å². The number of amides is 1. The Bertz CT molecular complexity index is 330. The highest BCUT2D eigenvalue weighted by molar-refractivity contribution is 6.29. The van der Waals surface area contributed by atoms with Crippen LogP contribution in [0.1, 0.15) is 17.4 Å². The SMILES string of the molecule is C[C@H](O)CNC(=O)c1cncc(Cl)n1. The summed E-state index contributed by atoms with van der Waals surface area (Å²) in [5.41, 5.74) is 0.137. The van der Waals surface area contributed by atoms with Gasteiger partial charge < -0.3 is 10.4 Å². The van der Waals surface area contributed by atoms with Crippen LogP contribution >= 0.6 is 11.6 Å². The number of halogens is 1. The lowest BCUT2D eigenvalue weighted by Crippen LogP contribution is -2.31. The summed E-state index contributed by atoms with van der Waals surface area (Å²) in [4.78, 5) is 18.8. The van der Waals surface area contributed by atoms with Crippen LogP contribution in [0.4, 0.5) is 0 Å². The molecular formula is C8H10ClN3O2. The lowest BCUT2D eigenvalue weighted by Gasteiger charge is -2.05. The van der Waals surface area contributed by atoms with Crippen molar-refractivity contribution in [2.24, 2.45) is 0 Å². The Kier molecular flexibility index (Phi) is 3.79. The molecule has 0 spiro atoms. The molecule has 0 radical (unpaired) electrons. The number of hydrogen-bond donors (Lipinski definition) is 2. The fourth-order valence-electron chi connectivity index (χ4n) is 0.783. The molecule has 1 atom stereocenters. The number of rotatable bonds is 3. The second-order valence-corrected chi connectivity index (χ2v) is 3.17. The van der Waals surface area contributed by atoms with Crippen molar-refractivity contribution < 1.29 is 9.90 Å². The van der Waals surface area contributed by atoms with E-state index in [9.17, 15) is 4.79 Å². The van der Waals surface area contributed by atoms with Gasteiger partial charge in [0, 0.05) is 6.54 Å². The van der Waals surface area contributed by atoms with Crippen molar-refractivity contribution in [3.63, 3.8) is 0 Å². The summed E-state index contributed by atoms with van der Waals surface area (Å²) in [6, 6.07) is 0. The number of carbonyl (C=O) groups is 1. The van der Waals surface area contributed by atoms with Gasteiger partial charge in [0.05, 0.1) is 18.5 Å². The van der Waals surface area contributed by atoms with E-state index in [1.54, 1.807) is 6.92 Å². The summed E-state index contributed by atoms with van der Waals surface area (Å²) < 4.78 is 0. The fourth-order valence-corrected chi connectivity index (χ4v) is 0.930. The number of hydrogen-bond acceptors (Lipinski definition) is 4. The Morgan fingerprint density at radius 1 is 1.71 bits per heavy atom. The second-order valence-electron chi connectivity index (χ2n) is 2.79. The summed E-state index contributed by atoms with van der Waals surface area (Å²) in [6.45, 7) is 1.75. The third-order valence-electron chi connectivity index (χ3n) is 1.40. The number of nitrogens with one attached hydrogen (secondary N) is 1. The van der Waals surface area contributed by atoms with Crippen LogP contribution in [0, 0.1) is 0 Å². The van der Waals surface area contributed by atoms with Crippen molar-refractivity contribution in [2.45, 2.75) is 13.0 Å². The number of aromatic nitrogens is 2. The molecule has 0 saturated heterocycles. The minimum atomic E-state index is -0.592. The molecule has 0 unspecified atom stereocenters. The minimum Gasteiger partial charge on any atom is -0.392 e. The molecule has 0 saturated carbocycles. The predicted molar refractivity (Wildman–Crippen MR) is 51.1 cm³/mol. The Hall–Kier alpha value is -1.20. The van der Waals surface area contributed by atoms with Crippen LogP contribution in [-0.4, -0.2) is 33.6 Å². The lowest BCUT2D eigenvalue weighted by molar-refractivity contribution is 0.0918. The van der Waals surface area contributed by atoms with Gasteiger partial charge in [-0.25, -0.2) is 4.98 Å². The quantitative estimate of drug-likeness (QED) is 0.758. The van der Waals surface area contributed by atoms with Crippen LogP contribution in [0.25, 0.3) is 0 Å². The van der Waals surface area contributed by atoms with Crippen LogP contribution in [0.5, 0.6) is 0 Å². The van der Waals surface area contributed by atoms with Gasteiger partial charge in [-0.15, -0.1) is 0 Å². The van der Waals surface area contributed by atoms with Crippen molar-refractivity contribution in [3.8, 4) is 0 Å². The van der Waals surface area contributed by atoms with Gasteiger partial charge >= 0.3 is 0 Å². The molecule has 0 fully saturated rings. The number of carbonyl (C=O) groups excluding carboxylic acids is 1. The minimum absolute atomic E-state index is 0.137. The molecule has 5 nitrogen and oxygen atoms in total. The summed E-state index contributed by atoms with van der Waals surface area (Å²) >= 11 is 5.55.